The van der Waals surface area contributed by atoms with E-state index in [1.807, 2.05) is 0 Å². The van der Waals surface area contributed by atoms with Crippen molar-refractivity contribution in [3.63, 3.8) is 0 Å². The molecule has 0 bridgehead atoms. The highest BCUT2D eigenvalue weighted by atomic mass is 14.2. The van der Waals surface area contributed by atoms with Crippen LogP contribution in [0.3, 0.4) is 0 Å². The van der Waals surface area contributed by atoms with Gasteiger partial charge in [-0.25, -0.2) is 0 Å². The van der Waals surface area contributed by atoms with Gasteiger partial charge in [0.2, 0.25) is 0 Å². The standard InChI is InChI=1S/C20H12/c1-2-7-15-16(8-3-1)18-12-10-14-6-4-5-13-9-11-17(15)20(18)19(13)14/h1-12H. The Morgan fingerprint density at radius 2 is 1.00 bits per heavy atom. The average Bonchev–Trinajstić information content (AvgIpc) is 2.64. The maximum Gasteiger partial charge on any atom is -0.00143 e. The van der Waals surface area contributed by atoms with Crippen molar-refractivity contribution in [1.29, 1.82) is 0 Å². The van der Waals surface area contributed by atoms with Gasteiger partial charge in [-0.1, -0.05) is 72.8 Å². The van der Waals surface area contributed by atoms with Gasteiger partial charge in [-0.15, -0.1) is 0 Å². The molecule has 2 aliphatic rings. The second-order valence-electron chi connectivity index (χ2n) is 5.42. The zero-order chi connectivity index (χ0) is 13.1. The third kappa shape index (κ3) is 1.12. The van der Waals surface area contributed by atoms with Crippen LogP contribution in [-0.4, -0.2) is 0 Å². The van der Waals surface area contributed by atoms with E-state index in [0.717, 1.165) is 0 Å². The number of rotatable bonds is 0. The third-order valence-electron chi connectivity index (χ3n) is 4.40. The second kappa shape index (κ2) is 3.49. The fraction of sp³-hybridized carbons (Fsp3) is 0. The highest BCUT2D eigenvalue weighted by Crippen LogP contribution is 2.44. The minimum Gasteiger partial charge on any atom is -0.0622 e. The summed E-state index contributed by atoms with van der Waals surface area (Å²) in [6.45, 7) is 0. The first kappa shape index (κ1) is 10.2. The van der Waals surface area contributed by atoms with Gasteiger partial charge in [-0.3, -0.25) is 0 Å². The van der Waals surface area contributed by atoms with E-state index in [4.69, 9.17) is 0 Å². The van der Waals surface area contributed by atoms with Crippen molar-refractivity contribution in [2.45, 2.75) is 0 Å². The van der Waals surface area contributed by atoms with Crippen LogP contribution in [0.15, 0.2) is 72.8 Å². The zero-order valence-corrected chi connectivity index (χ0v) is 10.9. The fourth-order valence-corrected chi connectivity index (χ4v) is 3.55. The molecule has 3 aromatic carbocycles. The van der Waals surface area contributed by atoms with Crippen molar-refractivity contribution in [2.75, 3.05) is 0 Å². The third-order valence-corrected chi connectivity index (χ3v) is 4.40. The highest BCUT2D eigenvalue weighted by molar-refractivity contribution is 6.30. The molecule has 0 aliphatic heterocycles. The Labute approximate surface area is 116 Å². The molecule has 0 atom stereocenters. The van der Waals surface area contributed by atoms with Crippen LogP contribution in [0.4, 0.5) is 0 Å². The van der Waals surface area contributed by atoms with Gasteiger partial charge in [0.1, 0.15) is 0 Å². The number of hydrogen-bond donors (Lipinski definition) is 0. The monoisotopic (exact) mass is 252 g/mol. The van der Waals surface area contributed by atoms with Crippen LogP contribution in [0.1, 0.15) is 0 Å². The quantitative estimate of drug-likeness (QED) is 0.332. The largest absolute Gasteiger partial charge is 0.0622 e. The number of hydrogen-bond acceptors (Lipinski definition) is 0. The molecule has 0 saturated carbocycles. The van der Waals surface area contributed by atoms with Gasteiger partial charge < -0.3 is 0 Å². The summed E-state index contributed by atoms with van der Waals surface area (Å²) in [6.07, 6.45) is 0. The van der Waals surface area contributed by atoms with Crippen molar-refractivity contribution >= 4 is 32.3 Å². The second-order valence-corrected chi connectivity index (χ2v) is 5.42. The van der Waals surface area contributed by atoms with Crippen molar-refractivity contribution in [3.8, 4) is 11.1 Å². The lowest BCUT2D eigenvalue weighted by atomic mass is 9.98. The molecule has 0 radical (unpaired) electrons. The summed E-state index contributed by atoms with van der Waals surface area (Å²) in [5, 5.41) is 8.23. The molecule has 0 saturated heterocycles. The molecule has 0 heterocycles. The Morgan fingerprint density at radius 3 is 1.60 bits per heavy atom. The number of fused-ring (bicyclic) bond motifs is 3. The molecule has 5 rings (SSSR count). The lowest BCUT2D eigenvalue weighted by Gasteiger charge is -2.05. The van der Waals surface area contributed by atoms with E-state index < -0.39 is 0 Å². The molecule has 0 spiro atoms. The van der Waals surface area contributed by atoms with Gasteiger partial charge in [0.05, 0.1) is 0 Å². The molecule has 2 aliphatic carbocycles. The molecule has 3 aromatic rings. The Bertz CT molecular complexity index is 962. The fourth-order valence-electron chi connectivity index (χ4n) is 3.55. The Hall–Kier alpha value is -2.60. The highest BCUT2D eigenvalue weighted by Gasteiger charge is 2.16. The van der Waals surface area contributed by atoms with Crippen LogP contribution in [0.25, 0.3) is 43.4 Å². The molecule has 0 N–H and O–H groups in total. The average molecular weight is 252 g/mol. The van der Waals surface area contributed by atoms with Gasteiger partial charge in [-0.2, -0.15) is 0 Å². The van der Waals surface area contributed by atoms with Crippen molar-refractivity contribution in [2.24, 2.45) is 0 Å². The van der Waals surface area contributed by atoms with E-state index in [9.17, 15) is 0 Å². The molecule has 0 heteroatoms. The number of benzene rings is 3. The lowest BCUT2D eigenvalue weighted by Crippen LogP contribution is -1.78. The summed E-state index contributed by atoms with van der Waals surface area (Å²) in [4.78, 5) is 0. The predicted molar refractivity (Wildman–Crippen MR) is 86.8 cm³/mol. The topological polar surface area (TPSA) is 0 Å². The van der Waals surface area contributed by atoms with Crippen LogP contribution in [-0.2, 0) is 0 Å². The van der Waals surface area contributed by atoms with E-state index in [-0.39, 0.29) is 0 Å². The lowest BCUT2D eigenvalue weighted by molar-refractivity contribution is 1.83. The summed E-state index contributed by atoms with van der Waals surface area (Å²) in [6, 6.07) is 26.4. The summed E-state index contributed by atoms with van der Waals surface area (Å²) in [7, 11) is 0. The molecule has 92 valence electrons. The maximum absolute atomic E-state index is 2.27. The first-order valence-electron chi connectivity index (χ1n) is 6.98. The van der Waals surface area contributed by atoms with E-state index in [0.29, 0.717) is 0 Å². The summed E-state index contributed by atoms with van der Waals surface area (Å²) < 4.78 is 0. The van der Waals surface area contributed by atoms with Gasteiger partial charge in [0, 0.05) is 0 Å². The molecular formula is C20H12. The molecule has 0 unspecified atom stereocenters. The first-order valence-corrected chi connectivity index (χ1v) is 6.98. The molecular weight excluding hydrogens is 240 g/mol. The summed E-state index contributed by atoms with van der Waals surface area (Å²) in [5.74, 6) is 0. The molecule has 0 fully saturated rings. The Balaban J connectivity index is 2.22. The molecule has 20 heavy (non-hydrogen) atoms. The van der Waals surface area contributed by atoms with Gasteiger partial charge in [0.15, 0.2) is 0 Å². The van der Waals surface area contributed by atoms with E-state index in [1.165, 1.54) is 43.4 Å². The summed E-state index contributed by atoms with van der Waals surface area (Å²) in [5.41, 5.74) is 2.70. The van der Waals surface area contributed by atoms with Gasteiger partial charge in [-0.05, 0) is 43.4 Å². The van der Waals surface area contributed by atoms with Crippen molar-refractivity contribution in [3.05, 3.63) is 72.8 Å². The van der Waals surface area contributed by atoms with E-state index >= 15 is 0 Å². The normalized spacial score (nSPS) is 12.0. The smallest absolute Gasteiger partial charge is 0.00143 e. The van der Waals surface area contributed by atoms with Crippen LogP contribution in [0.5, 0.6) is 0 Å². The SMILES string of the molecule is c1ccc2c3ccc4cccc5ccc(c-2cc1)c3c45. The Morgan fingerprint density at radius 1 is 0.400 bits per heavy atom. The van der Waals surface area contributed by atoms with Crippen molar-refractivity contribution < 1.29 is 0 Å². The minimum atomic E-state index is 1.33. The zero-order valence-electron chi connectivity index (χ0n) is 10.9. The first-order chi connectivity index (χ1) is 9.93. The maximum atomic E-state index is 2.27. The van der Waals surface area contributed by atoms with E-state index in [2.05, 4.69) is 72.8 Å². The minimum absolute atomic E-state index is 1.33. The summed E-state index contributed by atoms with van der Waals surface area (Å²) >= 11 is 0. The molecule has 0 amide bonds. The van der Waals surface area contributed by atoms with Gasteiger partial charge in [0.25, 0.3) is 0 Å². The van der Waals surface area contributed by atoms with Crippen LogP contribution in [0, 0.1) is 0 Å². The predicted octanol–water partition coefficient (Wildman–Crippen LogP) is 5.69. The van der Waals surface area contributed by atoms with Crippen LogP contribution >= 0.6 is 0 Å². The van der Waals surface area contributed by atoms with E-state index in [1.54, 1.807) is 0 Å². The molecule has 0 aromatic heterocycles. The van der Waals surface area contributed by atoms with Crippen LogP contribution < -0.4 is 0 Å². The molecule has 0 nitrogen and oxygen atoms in total. The van der Waals surface area contributed by atoms with Crippen LogP contribution in [0.2, 0.25) is 0 Å². The van der Waals surface area contributed by atoms with Gasteiger partial charge >= 0.3 is 0 Å². The Kier molecular flexibility index (Phi) is 1.78. The van der Waals surface area contributed by atoms with Crippen molar-refractivity contribution in [1.82, 2.24) is 0 Å².